The van der Waals surface area contributed by atoms with Gasteiger partial charge in [0, 0.05) is 19.8 Å². The first-order valence-corrected chi connectivity index (χ1v) is 5.13. The smallest absolute Gasteiger partial charge is 0.303 e. The van der Waals surface area contributed by atoms with E-state index in [1.165, 1.54) is 20.1 Å². The lowest BCUT2D eigenvalue weighted by molar-refractivity contribution is -0.155. The molecule has 0 fully saturated rings. The number of hydrogen-bond acceptors (Lipinski definition) is 5. The second-order valence-corrected chi connectivity index (χ2v) is 3.74. The fourth-order valence-corrected chi connectivity index (χ4v) is 1.46. The highest BCUT2D eigenvalue weighted by Gasteiger charge is 2.31. The SMILES string of the molecule is CC(=O)OCC1OC=CC(OC(C)=O)[C@@H]1C. The standard InChI is InChI=1S/C11H16O5/c1-7-10(16-9(3)13)4-5-14-11(7)6-15-8(2)12/h4-5,7,10-11H,6H2,1-3H3/t7-,10?,11?/m0/s1. The summed E-state index contributed by atoms with van der Waals surface area (Å²) >= 11 is 0. The zero-order valence-corrected chi connectivity index (χ0v) is 9.64. The van der Waals surface area contributed by atoms with Crippen LogP contribution in [-0.4, -0.2) is 30.8 Å². The fraction of sp³-hybridized carbons (Fsp3) is 0.636. The summed E-state index contributed by atoms with van der Waals surface area (Å²) in [5.41, 5.74) is 0. The highest BCUT2D eigenvalue weighted by Crippen LogP contribution is 2.22. The molecule has 0 spiro atoms. The van der Waals surface area contributed by atoms with Crippen LogP contribution >= 0.6 is 0 Å². The number of hydrogen-bond donors (Lipinski definition) is 0. The largest absolute Gasteiger partial charge is 0.494 e. The third kappa shape index (κ3) is 3.56. The van der Waals surface area contributed by atoms with Crippen LogP contribution in [0.25, 0.3) is 0 Å². The molecule has 5 heteroatoms. The van der Waals surface area contributed by atoms with Gasteiger partial charge in [-0.05, 0) is 6.08 Å². The van der Waals surface area contributed by atoms with Crippen LogP contribution in [0.4, 0.5) is 0 Å². The number of carbonyl (C=O) groups is 2. The summed E-state index contributed by atoms with van der Waals surface area (Å²) in [6, 6.07) is 0. The first kappa shape index (κ1) is 12.5. The van der Waals surface area contributed by atoms with Crippen LogP contribution in [0.2, 0.25) is 0 Å². The topological polar surface area (TPSA) is 61.8 Å². The minimum Gasteiger partial charge on any atom is -0.494 e. The van der Waals surface area contributed by atoms with E-state index in [4.69, 9.17) is 14.2 Å². The quantitative estimate of drug-likeness (QED) is 0.675. The Kier molecular flexibility index (Phi) is 4.34. The predicted octanol–water partition coefficient (Wildman–Crippen LogP) is 1.03. The molecule has 0 saturated heterocycles. The zero-order valence-electron chi connectivity index (χ0n) is 9.64. The Morgan fingerprint density at radius 3 is 2.56 bits per heavy atom. The van der Waals surface area contributed by atoms with Gasteiger partial charge in [0.15, 0.2) is 0 Å². The van der Waals surface area contributed by atoms with Crippen molar-refractivity contribution in [1.29, 1.82) is 0 Å². The van der Waals surface area contributed by atoms with Crippen LogP contribution in [0, 0.1) is 5.92 Å². The molecule has 1 rings (SSSR count). The first-order valence-electron chi connectivity index (χ1n) is 5.13. The molecule has 2 unspecified atom stereocenters. The number of rotatable bonds is 3. The molecule has 90 valence electrons. The van der Waals surface area contributed by atoms with Gasteiger partial charge in [0.2, 0.25) is 0 Å². The highest BCUT2D eigenvalue weighted by molar-refractivity contribution is 5.66. The minimum atomic E-state index is -0.352. The minimum absolute atomic E-state index is 0.0479. The number of esters is 2. The third-order valence-corrected chi connectivity index (χ3v) is 2.38. The average molecular weight is 228 g/mol. The van der Waals surface area contributed by atoms with Gasteiger partial charge >= 0.3 is 11.9 Å². The van der Waals surface area contributed by atoms with Crippen LogP contribution in [0.15, 0.2) is 12.3 Å². The van der Waals surface area contributed by atoms with E-state index in [9.17, 15) is 9.59 Å². The summed E-state index contributed by atoms with van der Waals surface area (Å²) in [5.74, 6) is -0.739. The van der Waals surface area contributed by atoms with E-state index in [0.29, 0.717) is 0 Å². The van der Waals surface area contributed by atoms with E-state index in [0.717, 1.165) is 0 Å². The van der Waals surface area contributed by atoms with Crippen molar-refractivity contribution < 1.29 is 23.8 Å². The van der Waals surface area contributed by atoms with E-state index >= 15 is 0 Å². The maximum Gasteiger partial charge on any atom is 0.303 e. The first-order chi connectivity index (χ1) is 7.50. The molecule has 0 saturated carbocycles. The van der Waals surface area contributed by atoms with Gasteiger partial charge in [-0.25, -0.2) is 0 Å². The summed E-state index contributed by atoms with van der Waals surface area (Å²) in [5, 5.41) is 0. The monoisotopic (exact) mass is 228 g/mol. The van der Waals surface area contributed by atoms with Crippen LogP contribution in [0.5, 0.6) is 0 Å². The lowest BCUT2D eigenvalue weighted by Gasteiger charge is -2.31. The van der Waals surface area contributed by atoms with Gasteiger partial charge in [0.1, 0.15) is 18.8 Å². The maximum absolute atomic E-state index is 10.8. The molecule has 0 N–H and O–H groups in total. The number of ether oxygens (including phenoxy) is 3. The molecular weight excluding hydrogens is 212 g/mol. The summed E-state index contributed by atoms with van der Waals surface area (Å²) in [6.07, 6.45) is 2.54. The molecule has 1 aliphatic heterocycles. The molecular formula is C11H16O5. The molecule has 16 heavy (non-hydrogen) atoms. The van der Waals surface area contributed by atoms with Gasteiger partial charge in [0.25, 0.3) is 0 Å². The maximum atomic E-state index is 10.8. The van der Waals surface area contributed by atoms with E-state index in [1.54, 1.807) is 6.08 Å². The van der Waals surface area contributed by atoms with Crippen LogP contribution < -0.4 is 0 Å². The van der Waals surface area contributed by atoms with E-state index in [1.807, 2.05) is 6.92 Å². The van der Waals surface area contributed by atoms with E-state index < -0.39 is 0 Å². The molecule has 0 bridgehead atoms. The molecule has 3 atom stereocenters. The summed E-state index contributed by atoms with van der Waals surface area (Å²) in [4.78, 5) is 21.5. The molecule has 0 aromatic heterocycles. The molecule has 1 heterocycles. The Labute approximate surface area is 94.4 Å². The van der Waals surface area contributed by atoms with Gasteiger partial charge in [-0.3, -0.25) is 9.59 Å². The van der Waals surface area contributed by atoms with Crippen LogP contribution in [0.3, 0.4) is 0 Å². The number of carbonyl (C=O) groups excluding carboxylic acids is 2. The van der Waals surface area contributed by atoms with Crippen LogP contribution in [0.1, 0.15) is 20.8 Å². The molecule has 5 nitrogen and oxygen atoms in total. The highest BCUT2D eigenvalue weighted by atomic mass is 16.6. The summed E-state index contributed by atoms with van der Waals surface area (Å²) in [7, 11) is 0. The van der Waals surface area contributed by atoms with Crippen molar-refractivity contribution in [1.82, 2.24) is 0 Å². The van der Waals surface area contributed by atoms with Crippen molar-refractivity contribution in [3.8, 4) is 0 Å². The second kappa shape index (κ2) is 5.53. The van der Waals surface area contributed by atoms with Gasteiger partial charge in [-0.2, -0.15) is 0 Å². The van der Waals surface area contributed by atoms with Gasteiger partial charge in [-0.1, -0.05) is 6.92 Å². The Morgan fingerprint density at radius 2 is 2.00 bits per heavy atom. The molecule has 0 radical (unpaired) electrons. The van der Waals surface area contributed by atoms with Gasteiger partial charge in [0.05, 0.1) is 6.26 Å². The Hall–Kier alpha value is -1.52. The van der Waals surface area contributed by atoms with Gasteiger partial charge in [-0.15, -0.1) is 0 Å². The average Bonchev–Trinajstić information content (AvgIpc) is 2.18. The van der Waals surface area contributed by atoms with Crippen molar-refractivity contribution in [3.63, 3.8) is 0 Å². The van der Waals surface area contributed by atoms with E-state index in [2.05, 4.69) is 0 Å². The van der Waals surface area contributed by atoms with Crippen molar-refractivity contribution in [2.45, 2.75) is 33.0 Å². The molecule has 1 aliphatic rings. The normalized spacial score (nSPS) is 28.1. The van der Waals surface area contributed by atoms with Crippen molar-refractivity contribution in [3.05, 3.63) is 12.3 Å². The predicted molar refractivity (Wildman–Crippen MR) is 55.4 cm³/mol. The lowest BCUT2D eigenvalue weighted by Crippen LogP contribution is -2.38. The summed E-state index contributed by atoms with van der Waals surface area (Å²) < 4.78 is 15.3. The van der Waals surface area contributed by atoms with Crippen LogP contribution in [-0.2, 0) is 23.8 Å². The molecule has 0 aliphatic carbocycles. The lowest BCUT2D eigenvalue weighted by atomic mass is 9.96. The molecule has 0 aromatic rings. The van der Waals surface area contributed by atoms with E-state index in [-0.39, 0.29) is 36.7 Å². The second-order valence-electron chi connectivity index (χ2n) is 3.74. The van der Waals surface area contributed by atoms with Crippen molar-refractivity contribution in [2.75, 3.05) is 6.61 Å². The fourth-order valence-electron chi connectivity index (χ4n) is 1.46. The Balaban J connectivity index is 2.52. The molecule has 0 amide bonds. The third-order valence-electron chi connectivity index (χ3n) is 2.38. The zero-order chi connectivity index (χ0) is 12.1. The Morgan fingerprint density at radius 1 is 1.31 bits per heavy atom. The van der Waals surface area contributed by atoms with Crippen molar-refractivity contribution in [2.24, 2.45) is 5.92 Å². The van der Waals surface area contributed by atoms with Gasteiger partial charge < -0.3 is 14.2 Å². The Bertz CT molecular complexity index is 297. The molecule has 0 aromatic carbocycles. The summed E-state index contributed by atoms with van der Waals surface area (Å²) in [6.45, 7) is 4.74. The van der Waals surface area contributed by atoms with Crippen molar-refractivity contribution >= 4 is 11.9 Å².